The Bertz CT molecular complexity index is 533. The Balaban J connectivity index is 1.86. The number of nitrogens with zero attached hydrogens (tertiary/aromatic N) is 2. The van der Waals surface area contributed by atoms with Crippen LogP contribution in [0.15, 0.2) is 23.2 Å². The molecule has 0 saturated carbocycles. The zero-order chi connectivity index (χ0) is 16.7. The minimum absolute atomic E-state index is 0.726. The molecule has 0 bridgehead atoms. The number of aliphatic imine (C=N–C) groups is 1. The van der Waals surface area contributed by atoms with Gasteiger partial charge in [0.15, 0.2) is 5.96 Å². The van der Waals surface area contributed by atoms with Crippen LogP contribution >= 0.6 is 11.8 Å². The van der Waals surface area contributed by atoms with Crippen LogP contribution in [-0.2, 0) is 6.42 Å². The standard InChI is InChI=1S/C18H29N3OS/c1-5-16-13-21(10-11-23-16)18(19-3)20-9-8-15-7-6-14(2)17(12-15)22-4/h6-7,12,16H,5,8-11,13H2,1-4H3,(H,19,20). The Labute approximate surface area is 144 Å². The average molecular weight is 336 g/mol. The summed E-state index contributed by atoms with van der Waals surface area (Å²) in [5, 5.41) is 4.24. The highest BCUT2D eigenvalue weighted by atomic mass is 32.2. The van der Waals surface area contributed by atoms with Crippen LogP contribution in [0.2, 0.25) is 0 Å². The normalized spacial score (nSPS) is 18.9. The van der Waals surface area contributed by atoms with E-state index in [2.05, 4.69) is 59.0 Å². The molecular weight excluding hydrogens is 306 g/mol. The van der Waals surface area contributed by atoms with E-state index in [9.17, 15) is 0 Å². The van der Waals surface area contributed by atoms with Crippen LogP contribution in [0.3, 0.4) is 0 Å². The van der Waals surface area contributed by atoms with Crippen LogP contribution in [0.5, 0.6) is 5.75 Å². The van der Waals surface area contributed by atoms with Crippen molar-refractivity contribution in [2.75, 3.05) is 39.5 Å². The Morgan fingerprint density at radius 3 is 3.00 bits per heavy atom. The lowest BCUT2D eigenvalue weighted by Gasteiger charge is -2.34. The molecule has 23 heavy (non-hydrogen) atoms. The summed E-state index contributed by atoms with van der Waals surface area (Å²) in [6, 6.07) is 6.42. The molecule has 1 aromatic rings. The first kappa shape index (κ1) is 18.0. The molecule has 1 unspecified atom stereocenters. The van der Waals surface area contributed by atoms with E-state index in [0.29, 0.717) is 0 Å². The fourth-order valence-corrected chi connectivity index (χ4v) is 4.01. The Morgan fingerprint density at radius 2 is 2.30 bits per heavy atom. The van der Waals surface area contributed by atoms with E-state index in [1.54, 1.807) is 7.11 Å². The second-order valence-corrected chi connectivity index (χ2v) is 7.28. The van der Waals surface area contributed by atoms with E-state index >= 15 is 0 Å². The van der Waals surface area contributed by atoms with Gasteiger partial charge in [-0.25, -0.2) is 0 Å². The molecule has 0 aliphatic carbocycles. The summed E-state index contributed by atoms with van der Waals surface area (Å²) < 4.78 is 5.40. The summed E-state index contributed by atoms with van der Waals surface area (Å²) in [7, 11) is 3.60. The first-order valence-corrected chi connectivity index (χ1v) is 9.43. The number of thioether (sulfide) groups is 1. The molecule has 0 aromatic heterocycles. The van der Waals surface area contributed by atoms with E-state index < -0.39 is 0 Å². The van der Waals surface area contributed by atoms with Gasteiger partial charge in [-0.15, -0.1) is 0 Å². The van der Waals surface area contributed by atoms with Crippen LogP contribution in [-0.4, -0.2) is 55.7 Å². The molecule has 4 nitrogen and oxygen atoms in total. The maximum atomic E-state index is 5.40. The number of guanidine groups is 1. The molecule has 0 radical (unpaired) electrons. The third kappa shape index (κ3) is 5.06. The molecule has 1 fully saturated rings. The summed E-state index contributed by atoms with van der Waals surface area (Å²) in [5.41, 5.74) is 2.47. The van der Waals surface area contributed by atoms with Crippen LogP contribution in [0.4, 0.5) is 0 Å². The third-order valence-corrected chi connectivity index (χ3v) is 5.65. The summed E-state index contributed by atoms with van der Waals surface area (Å²) in [6.07, 6.45) is 2.19. The fraction of sp³-hybridized carbons (Fsp3) is 0.611. The molecule has 128 valence electrons. The lowest BCUT2D eigenvalue weighted by Crippen LogP contribution is -2.48. The van der Waals surface area contributed by atoms with Crippen LogP contribution in [0.1, 0.15) is 24.5 Å². The number of nitrogens with one attached hydrogen (secondary N) is 1. The summed E-state index contributed by atoms with van der Waals surface area (Å²) in [4.78, 5) is 6.85. The largest absolute Gasteiger partial charge is 0.496 e. The fourth-order valence-electron chi connectivity index (χ4n) is 2.83. The zero-order valence-electron chi connectivity index (χ0n) is 14.8. The first-order chi connectivity index (χ1) is 11.2. The minimum Gasteiger partial charge on any atom is -0.496 e. The lowest BCUT2D eigenvalue weighted by molar-refractivity contribution is 0.408. The monoisotopic (exact) mass is 335 g/mol. The van der Waals surface area contributed by atoms with Gasteiger partial charge in [0, 0.05) is 37.7 Å². The molecule has 1 aromatic carbocycles. The minimum atomic E-state index is 0.726. The maximum Gasteiger partial charge on any atom is 0.193 e. The molecule has 2 rings (SSSR count). The molecule has 1 aliphatic rings. The van der Waals surface area contributed by atoms with Gasteiger partial charge in [-0.2, -0.15) is 11.8 Å². The van der Waals surface area contributed by atoms with Crippen molar-refractivity contribution in [1.82, 2.24) is 10.2 Å². The number of hydrogen-bond acceptors (Lipinski definition) is 3. The Morgan fingerprint density at radius 1 is 1.48 bits per heavy atom. The van der Waals surface area contributed by atoms with Gasteiger partial charge in [0.05, 0.1) is 7.11 Å². The van der Waals surface area contributed by atoms with Crippen LogP contribution in [0, 0.1) is 6.92 Å². The molecule has 1 aliphatic heterocycles. The second kappa shape index (κ2) is 9.06. The number of aryl methyl sites for hydroxylation is 1. The quantitative estimate of drug-likeness (QED) is 0.663. The molecule has 1 atom stereocenters. The molecule has 0 amide bonds. The van der Waals surface area contributed by atoms with Gasteiger partial charge in [-0.05, 0) is 37.0 Å². The van der Waals surface area contributed by atoms with Gasteiger partial charge >= 0.3 is 0 Å². The van der Waals surface area contributed by atoms with E-state index in [4.69, 9.17) is 4.74 Å². The van der Waals surface area contributed by atoms with Gasteiger partial charge in [0.2, 0.25) is 0 Å². The number of ether oxygens (including phenoxy) is 1. The molecule has 1 saturated heterocycles. The predicted octanol–water partition coefficient (Wildman–Crippen LogP) is 2.95. The highest BCUT2D eigenvalue weighted by Crippen LogP contribution is 2.21. The van der Waals surface area contributed by atoms with Crippen molar-refractivity contribution in [3.63, 3.8) is 0 Å². The lowest BCUT2D eigenvalue weighted by atomic mass is 10.1. The molecule has 5 heteroatoms. The molecular formula is C18H29N3OS. The smallest absolute Gasteiger partial charge is 0.193 e. The van der Waals surface area contributed by atoms with Gasteiger partial charge in [-0.1, -0.05) is 19.1 Å². The van der Waals surface area contributed by atoms with E-state index in [1.165, 1.54) is 23.3 Å². The van der Waals surface area contributed by atoms with Crippen molar-refractivity contribution in [2.24, 2.45) is 4.99 Å². The molecule has 1 heterocycles. The van der Waals surface area contributed by atoms with Crippen molar-refractivity contribution in [3.8, 4) is 5.75 Å². The summed E-state index contributed by atoms with van der Waals surface area (Å²) in [5.74, 6) is 3.18. The molecule has 1 N–H and O–H groups in total. The van der Waals surface area contributed by atoms with Crippen molar-refractivity contribution < 1.29 is 4.74 Å². The van der Waals surface area contributed by atoms with Gasteiger partial charge in [0.25, 0.3) is 0 Å². The van der Waals surface area contributed by atoms with E-state index in [-0.39, 0.29) is 0 Å². The number of methoxy groups -OCH3 is 1. The van der Waals surface area contributed by atoms with Crippen LogP contribution < -0.4 is 10.1 Å². The maximum absolute atomic E-state index is 5.40. The summed E-state index contributed by atoms with van der Waals surface area (Å²) in [6.45, 7) is 7.40. The van der Waals surface area contributed by atoms with Gasteiger partial charge in [0.1, 0.15) is 5.75 Å². The topological polar surface area (TPSA) is 36.9 Å². The van der Waals surface area contributed by atoms with Crippen molar-refractivity contribution >= 4 is 17.7 Å². The highest BCUT2D eigenvalue weighted by molar-refractivity contribution is 8.00. The van der Waals surface area contributed by atoms with Crippen molar-refractivity contribution in [3.05, 3.63) is 29.3 Å². The number of benzene rings is 1. The molecule has 0 spiro atoms. The van der Waals surface area contributed by atoms with Crippen LogP contribution in [0.25, 0.3) is 0 Å². The highest BCUT2D eigenvalue weighted by Gasteiger charge is 2.21. The second-order valence-electron chi connectivity index (χ2n) is 5.88. The van der Waals surface area contributed by atoms with Gasteiger partial charge in [-0.3, -0.25) is 4.99 Å². The number of hydrogen-bond donors (Lipinski definition) is 1. The zero-order valence-corrected chi connectivity index (χ0v) is 15.6. The third-order valence-electron chi connectivity index (χ3n) is 4.27. The predicted molar refractivity (Wildman–Crippen MR) is 101 cm³/mol. The van der Waals surface area contributed by atoms with Crippen molar-refractivity contribution in [1.29, 1.82) is 0 Å². The van der Waals surface area contributed by atoms with Crippen molar-refractivity contribution in [2.45, 2.75) is 31.9 Å². The Hall–Kier alpha value is -1.36. The Kier molecular flexibility index (Phi) is 7.09. The average Bonchev–Trinajstić information content (AvgIpc) is 2.60. The van der Waals surface area contributed by atoms with E-state index in [1.807, 2.05) is 7.05 Å². The summed E-state index contributed by atoms with van der Waals surface area (Å²) >= 11 is 2.08. The SMILES string of the molecule is CCC1CN(C(=NC)NCCc2ccc(C)c(OC)c2)CCS1. The first-order valence-electron chi connectivity index (χ1n) is 8.38. The van der Waals surface area contributed by atoms with Gasteiger partial charge < -0.3 is 15.0 Å². The number of rotatable bonds is 5. The van der Waals surface area contributed by atoms with E-state index in [0.717, 1.165) is 43.0 Å².